The lowest BCUT2D eigenvalue weighted by molar-refractivity contribution is -0.127. The van der Waals surface area contributed by atoms with Crippen LogP contribution in [0.4, 0.5) is 0 Å². The van der Waals surface area contributed by atoms with Gasteiger partial charge in [0.05, 0.1) is 18.1 Å². The number of benzene rings is 2. The number of fused-ring (bicyclic) bond motifs is 1. The van der Waals surface area contributed by atoms with Crippen molar-refractivity contribution < 1.29 is 28.8 Å². The third-order valence-corrected chi connectivity index (χ3v) is 6.05. The Bertz CT molecular complexity index is 1430. The van der Waals surface area contributed by atoms with Crippen LogP contribution in [-0.2, 0) is 19.2 Å². The summed E-state index contributed by atoms with van der Waals surface area (Å²) < 4.78 is 0. The average Bonchev–Trinajstić information content (AvgIpc) is 3.36. The largest absolute Gasteiger partial charge is 0.358 e. The summed E-state index contributed by atoms with van der Waals surface area (Å²) in [6.45, 7) is 3.00. The van der Waals surface area contributed by atoms with Gasteiger partial charge in [0.15, 0.2) is 5.75 Å². The predicted octanol–water partition coefficient (Wildman–Crippen LogP) is 0.166. The first-order valence-electron chi connectivity index (χ1n) is 12.7. The number of carbonyl (C=O) groups excluding carboxylic acids is 5. The molecule has 0 fully saturated rings. The fourth-order valence-electron chi connectivity index (χ4n) is 3.49. The minimum Gasteiger partial charge on any atom is -0.358 e. The van der Waals surface area contributed by atoms with Gasteiger partial charge in [0.1, 0.15) is 17.1 Å². The monoisotopic (exact) mass is 586 g/mol. The van der Waals surface area contributed by atoms with Crippen LogP contribution in [0, 0.1) is 5.92 Å². The van der Waals surface area contributed by atoms with Crippen LogP contribution in [0.3, 0.4) is 0 Å². The fraction of sp³-hybridized carbons (Fsp3) is 0.346. The molecule has 1 heterocycles. The first kappa shape index (κ1) is 30.8. The van der Waals surface area contributed by atoms with Gasteiger partial charge in [0.2, 0.25) is 23.6 Å². The van der Waals surface area contributed by atoms with E-state index in [9.17, 15) is 24.0 Å². The van der Waals surface area contributed by atoms with E-state index in [4.69, 9.17) is 16.4 Å². The molecule has 0 aliphatic heterocycles. The van der Waals surface area contributed by atoms with Crippen LogP contribution in [0.25, 0.3) is 11.0 Å². The van der Waals surface area contributed by atoms with Crippen LogP contribution in [0.15, 0.2) is 42.5 Å². The van der Waals surface area contributed by atoms with E-state index in [-0.39, 0.29) is 54.2 Å². The van der Waals surface area contributed by atoms with E-state index in [2.05, 4.69) is 36.9 Å². The Morgan fingerprint density at radius 3 is 2.37 bits per heavy atom. The highest BCUT2D eigenvalue weighted by atomic mass is 35.5. The molecule has 1 atom stereocenters. The molecule has 14 nitrogen and oxygen atoms in total. The lowest BCUT2D eigenvalue weighted by Crippen LogP contribution is -2.50. The second-order valence-electron chi connectivity index (χ2n) is 9.15. The topological polar surface area (TPSA) is 185 Å². The molecule has 5 amide bonds. The Hall–Kier alpha value is -4.72. The summed E-state index contributed by atoms with van der Waals surface area (Å²) in [6.07, 6.45) is -0.0919. The second kappa shape index (κ2) is 14.6. The Morgan fingerprint density at radius 2 is 1.66 bits per heavy atom. The summed E-state index contributed by atoms with van der Waals surface area (Å²) in [5, 5.41) is 20.5. The minimum absolute atomic E-state index is 0.0154. The molecule has 0 aliphatic rings. The zero-order valence-corrected chi connectivity index (χ0v) is 23.4. The zero-order chi connectivity index (χ0) is 29.9. The molecule has 5 N–H and O–H groups in total. The maximum atomic E-state index is 12.9. The molecule has 15 heteroatoms. The molecule has 1 unspecified atom stereocenters. The highest BCUT2D eigenvalue weighted by molar-refractivity contribution is 6.32. The molecular formula is C26H31ClN8O6. The Labute approximate surface area is 240 Å². The van der Waals surface area contributed by atoms with Gasteiger partial charge in [0, 0.05) is 25.6 Å². The fourth-order valence-corrected chi connectivity index (χ4v) is 3.70. The average molecular weight is 587 g/mol. The van der Waals surface area contributed by atoms with Crippen molar-refractivity contribution in [1.82, 2.24) is 41.7 Å². The number of hydrogen-bond donors (Lipinski definition) is 5. The number of hydrogen-bond acceptors (Lipinski definition) is 8. The van der Waals surface area contributed by atoms with Crippen molar-refractivity contribution in [2.24, 2.45) is 5.92 Å². The molecule has 0 aliphatic carbocycles. The van der Waals surface area contributed by atoms with Crippen LogP contribution in [-0.4, -0.2) is 77.4 Å². The summed E-state index contributed by atoms with van der Waals surface area (Å²) in [6, 6.07) is 10.7. The number of amides is 5. The van der Waals surface area contributed by atoms with Gasteiger partial charge >= 0.3 is 0 Å². The lowest BCUT2D eigenvalue weighted by Gasteiger charge is -2.22. The summed E-state index contributed by atoms with van der Waals surface area (Å²) in [5.41, 5.74) is 1.48. The molecule has 41 heavy (non-hydrogen) atoms. The van der Waals surface area contributed by atoms with E-state index >= 15 is 0 Å². The minimum atomic E-state index is -0.891. The molecule has 0 radical (unpaired) electrons. The van der Waals surface area contributed by atoms with Crippen LogP contribution < -0.4 is 31.4 Å². The highest BCUT2D eigenvalue weighted by Gasteiger charge is 2.25. The standard InChI is InChI=1S/C26H31ClN8O6/c1-15(2)24(26(40)29-11-10-21(36)30-14-23(38)31-13-22(37)28-3)32-25(39)16-8-9-20(17(27)12-16)41-35-19-7-5-4-6-18(19)33-34-35/h4-9,12,15,24H,10-11,13-14H2,1-3H3,(H,28,37)(H,29,40)(H,30,36)(H,31,38)(H,32,39). The Kier molecular flexibility index (Phi) is 11.0. The van der Waals surface area contributed by atoms with Gasteiger partial charge in [0.25, 0.3) is 5.91 Å². The third kappa shape index (κ3) is 8.89. The van der Waals surface area contributed by atoms with E-state index in [0.717, 1.165) is 0 Å². The smallest absolute Gasteiger partial charge is 0.251 e. The maximum absolute atomic E-state index is 12.9. The van der Waals surface area contributed by atoms with Gasteiger partial charge in [-0.3, -0.25) is 24.0 Å². The number of likely N-dealkylation sites (N-methyl/N-ethyl adjacent to an activating group) is 1. The van der Waals surface area contributed by atoms with Gasteiger partial charge in [-0.15, -0.1) is 5.10 Å². The van der Waals surface area contributed by atoms with Crippen molar-refractivity contribution in [3.63, 3.8) is 0 Å². The summed E-state index contributed by atoms with van der Waals surface area (Å²) >= 11 is 6.36. The van der Waals surface area contributed by atoms with E-state index in [1.807, 2.05) is 12.1 Å². The van der Waals surface area contributed by atoms with Gasteiger partial charge in [-0.1, -0.05) is 42.4 Å². The first-order valence-corrected chi connectivity index (χ1v) is 13.1. The van der Waals surface area contributed by atoms with Crippen molar-refractivity contribution in [3.05, 3.63) is 53.1 Å². The SMILES string of the molecule is CNC(=O)CNC(=O)CNC(=O)CCNC(=O)C(NC(=O)c1ccc(On2nnc3ccccc32)c(Cl)c1)C(C)C. The van der Waals surface area contributed by atoms with E-state index in [1.54, 1.807) is 26.0 Å². The van der Waals surface area contributed by atoms with E-state index in [0.29, 0.717) is 11.0 Å². The molecule has 3 aromatic rings. The molecule has 0 bridgehead atoms. The van der Waals surface area contributed by atoms with E-state index < -0.39 is 29.7 Å². The number of para-hydroxylation sites is 1. The molecule has 3 rings (SSSR count). The van der Waals surface area contributed by atoms with Crippen LogP contribution in [0.2, 0.25) is 5.02 Å². The Morgan fingerprint density at radius 1 is 0.951 bits per heavy atom. The number of halogens is 1. The number of nitrogens with one attached hydrogen (secondary N) is 5. The molecule has 0 spiro atoms. The summed E-state index contributed by atoms with van der Waals surface area (Å²) in [5.74, 6) is -2.39. The number of aromatic nitrogens is 3. The number of rotatable bonds is 13. The van der Waals surface area contributed by atoms with Crippen molar-refractivity contribution in [2.75, 3.05) is 26.7 Å². The quantitative estimate of drug-likeness (QED) is 0.187. The number of carbonyl (C=O) groups is 5. The molecule has 218 valence electrons. The van der Waals surface area contributed by atoms with Crippen LogP contribution in [0.5, 0.6) is 5.75 Å². The van der Waals surface area contributed by atoms with Crippen molar-refractivity contribution in [3.8, 4) is 5.75 Å². The summed E-state index contributed by atoms with van der Waals surface area (Å²) in [7, 11) is 1.44. The third-order valence-electron chi connectivity index (χ3n) is 5.76. The molecule has 1 aromatic heterocycles. The van der Waals surface area contributed by atoms with Crippen LogP contribution in [0.1, 0.15) is 30.6 Å². The van der Waals surface area contributed by atoms with E-state index in [1.165, 1.54) is 30.1 Å². The number of nitrogens with zero attached hydrogens (tertiary/aromatic N) is 3. The van der Waals surface area contributed by atoms with Gasteiger partial charge in [-0.05, 0) is 41.5 Å². The zero-order valence-electron chi connectivity index (χ0n) is 22.7. The lowest BCUT2D eigenvalue weighted by atomic mass is 10.0. The molecule has 2 aromatic carbocycles. The van der Waals surface area contributed by atoms with Crippen molar-refractivity contribution in [1.29, 1.82) is 0 Å². The normalized spacial score (nSPS) is 11.4. The molecular weight excluding hydrogens is 556 g/mol. The first-order chi connectivity index (χ1) is 19.6. The molecule has 0 saturated heterocycles. The van der Waals surface area contributed by atoms with Gasteiger partial charge in [-0.25, -0.2) is 0 Å². The van der Waals surface area contributed by atoms with Crippen molar-refractivity contribution in [2.45, 2.75) is 26.3 Å². The van der Waals surface area contributed by atoms with Crippen LogP contribution >= 0.6 is 11.6 Å². The maximum Gasteiger partial charge on any atom is 0.251 e. The van der Waals surface area contributed by atoms with Crippen molar-refractivity contribution >= 4 is 52.2 Å². The van der Waals surface area contributed by atoms with Gasteiger partial charge < -0.3 is 31.4 Å². The Balaban J connectivity index is 1.49. The van der Waals surface area contributed by atoms with Gasteiger partial charge in [-0.2, -0.15) is 0 Å². The second-order valence-corrected chi connectivity index (χ2v) is 9.56. The summed E-state index contributed by atoms with van der Waals surface area (Å²) in [4.78, 5) is 67.4. The molecule has 0 saturated carbocycles. The predicted molar refractivity (Wildman–Crippen MR) is 149 cm³/mol. The highest BCUT2D eigenvalue weighted by Crippen LogP contribution is 2.26.